The van der Waals surface area contributed by atoms with Crippen LogP contribution in [-0.4, -0.2) is 28.7 Å². The molecule has 18 heavy (non-hydrogen) atoms. The zero-order valence-electron chi connectivity index (χ0n) is 10.6. The minimum Gasteiger partial charge on any atom is -0.346 e. The van der Waals surface area contributed by atoms with Crippen LogP contribution in [0.25, 0.3) is 10.9 Å². The van der Waals surface area contributed by atoms with Crippen LogP contribution in [0.3, 0.4) is 0 Å². The van der Waals surface area contributed by atoms with Gasteiger partial charge in [0.2, 0.25) is 0 Å². The van der Waals surface area contributed by atoms with Gasteiger partial charge < -0.3 is 11.1 Å². The molecule has 0 bridgehead atoms. The zero-order valence-corrected chi connectivity index (χ0v) is 10.6. The molecule has 1 unspecified atom stereocenters. The molecule has 0 spiro atoms. The molecular weight excluding hydrogens is 228 g/mol. The summed E-state index contributed by atoms with van der Waals surface area (Å²) in [6.07, 6.45) is 0. The molecule has 4 N–H and O–H groups in total. The number of hydrogen-bond acceptors (Lipinski definition) is 3. The highest BCUT2D eigenvalue weighted by Crippen LogP contribution is 2.15. The highest BCUT2D eigenvalue weighted by atomic mass is 16.2. The summed E-state index contributed by atoms with van der Waals surface area (Å²) in [4.78, 5) is 12.1. The van der Waals surface area contributed by atoms with Gasteiger partial charge in [0.15, 0.2) is 5.69 Å². The smallest absolute Gasteiger partial charge is 0.272 e. The zero-order chi connectivity index (χ0) is 13.1. The lowest BCUT2D eigenvalue weighted by Crippen LogP contribution is -2.43. The first kappa shape index (κ1) is 12.6. The lowest BCUT2D eigenvalue weighted by atomic mass is 10.0. The molecule has 0 saturated carbocycles. The summed E-state index contributed by atoms with van der Waals surface area (Å²) in [5, 5.41) is 10.7. The topological polar surface area (TPSA) is 83.8 Å². The lowest BCUT2D eigenvalue weighted by Gasteiger charge is -2.19. The molecule has 0 aliphatic heterocycles. The number of rotatable bonds is 4. The van der Waals surface area contributed by atoms with Crippen molar-refractivity contribution in [3.63, 3.8) is 0 Å². The third kappa shape index (κ3) is 2.36. The number of aromatic amines is 1. The van der Waals surface area contributed by atoms with Gasteiger partial charge in [-0.25, -0.2) is 0 Å². The van der Waals surface area contributed by atoms with E-state index in [1.54, 1.807) is 0 Å². The number of para-hydroxylation sites is 1. The molecule has 1 heterocycles. The summed E-state index contributed by atoms with van der Waals surface area (Å²) in [5.41, 5.74) is 6.92. The van der Waals surface area contributed by atoms with Gasteiger partial charge in [-0.2, -0.15) is 5.10 Å². The van der Waals surface area contributed by atoms with Crippen LogP contribution in [0, 0.1) is 5.92 Å². The maximum atomic E-state index is 12.1. The van der Waals surface area contributed by atoms with Crippen molar-refractivity contribution >= 4 is 16.8 Å². The Bertz CT molecular complexity index is 547. The quantitative estimate of drug-likeness (QED) is 0.759. The largest absolute Gasteiger partial charge is 0.346 e. The van der Waals surface area contributed by atoms with Crippen molar-refractivity contribution in [2.75, 3.05) is 6.54 Å². The highest BCUT2D eigenvalue weighted by Gasteiger charge is 2.19. The molecule has 2 aromatic rings. The van der Waals surface area contributed by atoms with Gasteiger partial charge in [-0.05, 0) is 12.0 Å². The van der Waals surface area contributed by atoms with Gasteiger partial charge in [0.25, 0.3) is 5.91 Å². The van der Waals surface area contributed by atoms with E-state index in [4.69, 9.17) is 5.73 Å². The van der Waals surface area contributed by atoms with Gasteiger partial charge >= 0.3 is 0 Å². The van der Waals surface area contributed by atoms with E-state index in [2.05, 4.69) is 15.5 Å². The SMILES string of the molecule is CC(C)C(CN)NC(=O)c1n[nH]c2ccccc12. The predicted octanol–water partition coefficient (Wildman–Crippen LogP) is 1.28. The molecule has 96 valence electrons. The van der Waals surface area contributed by atoms with Crippen molar-refractivity contribution < 1.29 is 4.79 Å². The van der Waals surface area contributed by atoms with Crippen molar-refractivity contribution in [1.82, 2.24) is 15.5 Å². The Hall–Kier alpha value is -1.88. The van der Waals surface area contributed by atoms with Crippen LogP contribution in [0.15, 0.2) is 24.3 Å². The fourth-order valence-corrected chi connectivity index (χ4v) is 1.87. The van der Waals surface area contributed by atoms with E-state index in [1.165, 1.54) is 0 Å². The Morgan fingerprint density at radius 2 is 2.17 bits per heavy atom. The number of nitrogens with two attached hydrogens (primary N) is 1. The van der Waals surface area contributed by atoms with Gasteiger partial charge in [0, 0.05) is 18.0 Å². The second-order valence-corrected chi connectivity index (χ2v) is 4.68. The van der Waals surface area contributed by atoms with Crippen LogP contribution in [0.1, 0.15) is 24.3 Å². The summed E-state index contributed by atoms with van der Waals surface area (Å²) in [6, 6.07) is 7.52. The van der Waals surface area contributed by atoms with E-state index in [-0.39, 0.29) is 11.9 Å². The van der Waals surface area contributed by atoms with E-state index in [0.717, 1.165) is 10.9 Å². The van der Waals surface area contributed by atoms with Gasteiger partial charge in [0.1, 0.15) is 0 Å². The molecular formula is C13H18N4O. The van der Waals surface area contributed by atoms with Gasteiger partial charge in [-0.15, -0.1) is 0 Å². The van der Waals surface area contributed by atoms with E-state index in [0.29, 0.717) is 18.2 Å². The summed E-state index contributed by atoms with van der Waals surface area (Å²) in [7, 11) is 0. The first-order valence-electron chi connectivity index (χ1n) is 6.07. The Kier molecular flexibility index (Phi) is 3.62. The number of carbonyl (C=O) groups excluding carboxylic acids is 1. The van der Waals surface area contributed by atoms with Crippen LogP contribution in [-0.2, 0) is 0 Å². The number of H-pyrrole nitrogens is 1. The van der Waals surface area contributed by atoms with E-state index < -0.39 is 0 Å². The third-order valence-electron chi connectivity index (χ3n) is 3.06. The Balaban J connectivity index is 2.23. The molecule has 1 aromatic heterocycles. The fraction of sp³-hybridized carbons (Fsp3) is 0.385. The van der Waals surface area contributed by atoms with Crippen LogP contribution in [0.5, 0.6) is 0 Å². The first-order chi connectivity index (χ1) is 8.63. The molecule has 2 rings (SSSR count). The number of hydrogen-bond donors (Lipinski definition) is 3. The predicted molar refractivity (Wildman–Crippen MR) is 71.2 cm³/mol. The Labute approximate surface area is 106 Å². The summed E-state index contributed by atoms with van der Waals surface area (Å²) in [5.74, 6) is 0.112. The number of aromatic nitrogens is 2. The van der Waals surface area contributed by atoms with E-state index in [9.17, 15) is 4.79 Å². The number of benzene rings is 1. The summed E-state index contributed by atoms with van der Waals surface area (Å²) in [6.45, 7) is 4.48. The van der Waals surface area contributed by atoms with Crippen LogP contribution in [0.2, 0.25) is 0 Å². The van der Waals surface area contributed by atoms with Crippen molar-refractivity contribution in [2.24, 2.45) is 11.7 Å². The Morgan fingerprint density at radius 3 is 2.83 bits per heavy atom. The standard InChI is InChI=1S/C13H18N4O/c1-8(2)11(7-14)15-13(18)12-9-5-3-4-6-10(9)16-17-12/h3-6,8,11H,7,14H2,1-2H3,(H,15,18)(H,16,17). The maximum absolute atomic E-state index is 12.1. The van der Waals surface area contributed by atoms with E-state index in [1.807, 2.05) is 38.1 Å². The second kappa shape index (κ2) is 5.18. The number of nitrogens with one attached hydrogen (secondary N) is 2. The second-order valence-electron chi connectivity index (χ2n) is 4.68. The van der Waals surface area contributed by atoms with Crippen LogP contribution in [0.4, 0.5) is 0 Å². The van der Waals surface area contributed by atoms with Crippen molar-refractivity contribution in [2.45, 2.75) is 19.9 Å². The van der Waals surface area contributed by atoms with E-state index >= 15 is 0 Å². The number of carbonyl (C=O) groups is 1. The molecule has 1 aromatic carbocycles. The normalized spacial score (nSPS) is 12.9. The van der Waals surface area contributed by atoms with Crippen molar-refractivity contribution in [3.8, 4) is 0 Å². The lowest BCUT2D eigenvalue weighted by molar-refractivity contribution is 0.0924. The molecule has 0 saturated heterocycles. The van der Waals surface area contributed by atoms with Gasteiger partial charge in [-0.1, -0.05) is 32.0 Å². The van der Waals surface area contributed by atoms with Gasteiger partial charge in [-0.3, -0.25) is 9.89 Å². The molecule has 0 aliphatic carbocycles. The molecule has 1 atom stereocenters. The minimum absolute atomic E-state index is 0.0343. The number of nitrogens with zero attached hydrogens (tertiary/aromatic N) is 1. The summed E-state index contributed by atoms with van der Waals surface area (Å²) >= 11 is 0. The molecule has 5 nitrogen and oxygen atoms in total. The molecule has 5 heteroatoms. The van der Waals surface area contributed by atoms with Gasteiger partial charge in [0.05, 0.1) is 5.52 Å². The first-order valence-corrected chi connectivity index (χ1v) is 6.07. The average molecular weight is 246 g/mol. The summed E-state index contributed by atoms with van der Waals surface area (Å²) < 4.78 is 0. The average Bonchev–Trinajstić information content (AvgIpc) is 2.79. The molecule has 1 amide bonds. The molecule has 0 fully saturated rings. The Morgan fingerprint density at radius 1 is 1.44 bits per heavy atom. The molecule has 0 aliphatic rings. The van der Waals surface area contributed by atoms with Crippen molar-refractivity contribution in [3.05, 3.63) is 30.0 Å². The van der Waals surface area contributed by atoms with Crippen LogP contribution >= 0.6 is 0 Å². The monoisotopic (exact) mass is 246 g/mol. The minimum atomic E-state index is -0.184. The molecule has 0 radical (unpaired) electrons. The highest BCUT2D eigenvalue weighted by molar-refractivity contribution is 6.04. The third-order valence-corrected chi connectivity index (χ3v) is 3.06. The number of amides is 1. The van der Waals surface area contributed by atoms with Crippen LogP contribution < -0.4 is 11.1 Å². The maximum Gasteiger partial charge on any atom is 0.272 e. The van der Waals surface area contributed by atoms with Crippen molar-refractivity contribution in [1.29, 1.82) is 0 Å². The number of fused-ring (bicyclic) bond motifs is 1. The fourth-order valence-electron chi connectivity index (χ4n) is 1.87.